The molecule has 0 saturated carbocycles. The summed E-state index contributed by atoms with van der Waals surface area (Å²) < 4.78 is 18.7. The van der Waals surface area contributed by atoms with E-state index in [1.807, 2.05) is 42.6 Å². The number of hydrogen-bond acceptors (Lipinski definition) is 3. The van der Waals surface area contributed by atoms with Crippen LogP contribution in [-0.4, -0.2) is 22.4 Å². The zero-order valence-electron chi connectivity index (χ0n) is 23.6. The highest BCUT2D eigenvalue weighted by Crippen LogP contribution is 2.16. The van der Waals surface area contributed by atoms with Crippen LogP contribution in [0.3, 0.4) is 0 Å². The minimum atomic E-state index is -0.150. The maximum Gasteiger partial charge on any atom is 0.137 e. The van der Waals surface area contributed by atoms with Crippen molar-refractivity contribution in [2.75, 3.05) is 6.61 Å². The molecule has 3 aromatic rings. The molecule has 0 unspecified atom stereocenters. The van der Waals surface area contributed by atoms with E-state index < -0.39 is 0 Å². The van der Waals surface area contributed by atoms with Crippen LogP contribution in [0.15, 0.2) is 61.1 Å². The highest BCUT2D eigenvalue weighted by Gasteiger charge is 2.05. The Hall–Kier alpha value is -2.95. The van der Waals surface area contributed by atoms with Gasteiger partial charge in [0, 0.05) is 24.7 Å². The Kier molecular flexibility index (Phi) is 15.0. The molecule has 3 rings (SSSR count). The van der Waals surface area contributed by atoms with Crippen molar-refractivity contribution in [3.63, 3.8) is 0 Å². The summed E-state index contributed by atoms with van der Waals surface area (Å²) in [4.78, 5) is 19.5. The molecule has 2 aromatic carbocycles. The van der Waals surface area contributed by atoms with Gasteiger partial charge in [0.25, 0.3) is 0 Å². The predicted octanol–water partition coefficient (Wildman–Crippen LogP) is 8.99. The summed E-state index contributed by atoms with van der Waals surface area (Å²) in [6.45, 7) is 0.665. The number of aromatic nitrogens is 2. The second-order valence-electron chi connectivity index (χ2n) is 10.8. The summed E-state index contributed by atoms with van der Waals surface area (Å²) in [5.41, 5.74) is 3.44. The second kappa shape index (κ2) is 19.2. The topological polar surface area (TPSA) is 55.0 Å². The van der Waals surface area contributed by atoms with Gasteiger partial charge in [-0.3, -0.25) is 4.79 Å². The van der Waals surface area contributed by atoms with Crippen LogP contribution in [-0.2, 0) is 24.1 Å². The van der Waals surface area contributed by atoms with Crippen LogP contribution in [0.2, 0.25) is 0 Å². The van der Waals surface area contributed by atoms with Crippen LogP contribution in [0, 0.1) is 5.82 Å². The van der Waals surface area contributed by atoms with Crippen molar-refractivity contribution in [3.05, 3.63) is 83.7 Å². The molecular weight excluding hydrogens is 487 g/mol. The predicted molar refractivity (Wildman–Crippen MR) is 158 cm³/mol. The SMILES string of the molecule is O=C(CCCCCCCCCCCCCCc1ccc(F)cc1)Cc1ccc(OCCCc2cnc[nH]2)cc1. The second-order valence-corrected chi connectivity index (χ2v) is 10.8. The molecule has 0 aliphatic heterocycles. The molecule has 0 fully saturated rings. The van der Waals surface area contributed by atoms with Crippen LogP contribution in [0.5, 0.6) is 5.75 Å². The van der Waals surface area contributed by atoms with Gasteiger partial charge in [-0.1, -0.05) is 88.5 Å². The number of carbonyl (C=O) groups excluding carboxylic acids is 1. The fourth-order valence-electron chi connectivity index (χ4n) is 4.96. The number of carbonyl (C=O) groups is 1. The Balaban J connectivity index is 1.07. The third-order valence-electron chi connectivity index (χ3n) is 7.32. The number of rotatable bonds is 22. The molecule has 4 nitrogen and oxygen atoms in total. The standard InChI is InChI=1S/C34H47FN2O2/c35-31-21-17-29(18-22-31)14-11-9-7-5-3-1-2-4-6-8-10-12-16-33(38)26-30-19-23-34(24-20-30)39-25-13-15-32-27-36-28-37-32/h17-24,27-28H,1-16,25-26H2,(H,36,37). The van der Waals surface area contributed by atoms with Gasteiger partial charge in [0.05, 0.1) is 12.9 Å². The molecule has 1 N–H and O–H groups in total. The van der Waals surface area contributed by atoms with Crippen molar-refractivity contribution in [2.45, 2.75) is 109 Å². The smallest absolute Gasteiger partial charge is 0.137 e. The molecule has 1 aromatic heterocycles. The van der Waals surface area contributed by atoms with Gasteiger partial charge in [-0.15, -0.1) is 0 Å². The third-order valence-corrected chi connectivity index (χ3v) is 7.32. The molecule has 0 spiro atoms. The van der Waals surface area contributed by atoms with Crippen molar-refractivity contribution < 1.29 is 13.9 Å². The summed E-state index contributed by atoms with van der Waals surface area (Å²) in [7, 11) is 0. The lowest BCUT2D eigenvalue weighted by atomic mass is 10.0. The largest absolute Gasteiger partial charge is 0.494 e. The van der Waals surface area contributed by atoms with E-state index in [0.29, 0.717) is 25.2 Å². The number of ketones is 1. The number of aryl methyl sites for hydroxylation is 2. The number of halogens is 1. The minimum absolute atomic E-state index is 0.150. The molecule has 0 bridgehead atoms. The first-order chi connectivity index (χ1) is 19.2. The van der Waals surface area contributed by atoms with E-state index in [0.717, 1.165) is 49.1 Å². The molecule has 5 heteroatoms. The van der Waals surface area contributed by atoms with E-state index in [4.69, 9.17) is 4.74 Å². The minimum Gasteiger partial charge on any atom is -0.494 e. The number of hydrogen-bond donors (Lipinski definition) is 1. The van der Waals surface area contributed by atoms with Gasteiger partial charge in [-0.2, -0.15) is 0 Å². The zero-order valence-corrected chi connectivity index (χ0v) is 23.6. The first-order valence-corrected chi connectivity index (χ1v) is 15.1. The Labute approximate surface area is 234 Å². The molecule has 1 heterocycles. The lowest BCUT2D eigenvalue weighted by Crippen LogP contribution is -2.03. The van der Waals surface area contributed by atoms with Crippen molar-refractivity contribution >= 4 is 5.78 Å². The number of ether oxygens (including phenoxy) is 1. The molecule has 0 aliphatic rings. The van der Waals surface area contributed by atoms with E-state index in [1.54, 1.807) is 18.5 Å². The summed E-state index contributed by atoms with van der Waals surface area (Å²) in [5.74, 6) is 1.04. The summed E-state index contributed by atoms with van der Waals surface area (Å²) in [6, 6.07) is 14.9. The Morgan fingerprint density at radius 2 is 1.28 bits per heavy atom. The highest BCUT2D eigenvalue weighted by atomic mass is 19.1. The van der Waals surface area contributed by atoms with Crippen molar-refractivity contribution in [1.82, 2.24) is 9.97 Å². The first-order valence-electron chi connectivity index (χ1n) is 15.1. The van der Waals surface area contributed by atoms with Gasteiger partial charge in [-0.25, -0.2) is 9.37 Å². The van der Waals surface area contributed by atoms with Crippen LogP contribution >= 0.6 is 0 Å². The van der Waals surface area contributed by atoms with Crippen LogP contribution in [0.1, 0.15) is 107 Å². The van der Waals surface area contributed by atoms with E-state index >= 15 is 0 Å². The molecular formula is C34H47FN2O2. The van der Waals surface area contributed by atoms with Crippen molar-refractivity contribution in [3.8, 4) is 5.75 Å². The van der Waals surface area contributed by atoms with Gasteiger partial charge in [0.2, 0.25) is 0 Å². The molecule has 39 heavy (non-hydrogen) atoms. The van der Waals surface area contributed by atoms with E-state index in [2.05, 4.69) is 9.97 Å². The normalized spacial score (nSPS) is 11.1. The van der Waals surface area contributed by atoms with E-state index in [-0.39, 0.29) is 5.82 Å². The van der Waals surface area contributed by atoms with Crippen molar-refractivity contribution in [2.24, 2.45) is 0 Å². The van der Waals surface area contributed by atoms with E-state index in [9.17, 15) is 9.18 Å². The van der Waals surface area contributed by atoms with Gasteiger partial charge in [0.1, 0.15) is 17.3 Å². The quantitative estimate of drug-likeness (QED) is 0.131. The first kappa shape index (κ1) is 30.6. The number of Topliss-reactive ketones (excluding diaryl/α,β-unsaturated/α-hetero) is 1. The Morgan fingerprint density at radius 3 is 1.90 bits per heavy atom. The average Bonchev–Trinajstić information content (AvgIpc) is 3.47. The maximum absolute atomic E-state index is 12.9. The lowest BCUT2D eigenvalue weighted by molar-refractivity contribution is -0.118. The fourth-order valence-corrected chi connectivity index (χ4v) is 4.96. The number of H-pyrrole nitrogens is 1. The highest BCUT2D eigenvalue weighted by molar-refractivity contribution is 5.80. The van der Waals surface area contributed by atoms with Gasteiger partial charge < -0.3 is 9.72 Å². The Morgan fingerprint density at radius 1 is 0.692 bits per heavy atom. The summed E-state index contributed by atoms with van der Waals surface area (Å²) in [6.07, 6.45) is 22.8. The monoisotopic (exact) mass is 534 g/mol. The number of imidazole rings is 1. The fraction of sp³-hybridized carbons (Fsp3) is 0.529. The van der Waals surface area contributed by atoms with Gasteiger partial charge >= 0.3 is 0 Å². The molecule has 212 valence electrons. The van der Waals surface area contributed by atoms with E-state index in [1.165, 1.54) is 69.8 Å². The molecule has 0 saturated heterocycles. The summed E-state index contributed by atoms with van der Waals surface area (Å²) in [5, 5.41) is 0. The van der Waals surface area contributed by atoms with Crippen LogP contribution < -0.4 is 4.74 Å². The molecule has 0 radical (unpaired) electrons. The summed E-state index contributed by atoms with van der Waals surface area (Å²) >= 11 is 0. The zero-order chi connectivity index (χ0) is 27.4. The molecule has 0 amide bonds. The number of unbranched alkanes of at least 4 members (excludes halogenated alkanes) is 11. The Bertz CT molecular complexity index is 1020. The number of aromatic amines is 1. The van der Waals surface area contributed by atoms with Crippen LogP contribution in [0.25, 0.3) is 0 Å². The number of nitrogens with zero attached hydrogens (tertiary/aromatic N) is 1. The molecule has 0 atom stereocenters. The van der Waals surface area contributed by atoms with Gasteiger partial charge in [-0.05, 0) is 67.5 Å². The van der Waals surface area contributed by atoms with Crippen LogP contribution in [0.4, 0.5) is 4.39 Å². The maximum atomic E-state index is 12.9. The number of benzene rings is 2. The van der Waals surface area contributed by atoms with Crippen molar-refractivity contribution in [1.29, 1.82) is 0 Å². The third kappa shape index (κ3) is 14.1. The molecule has 0 aliphatic carbocycles. The van der Waals surface area contributed by atoms with Gasteiger partial charge in [0.15, 0.2) is 0 Å². The number of nitrogens with one attached hydrogen (secondary N) is 1. The lowest BCUT2D eigenvalue weighted by Gasteiger charge is -2.07. The average molecular weight is 535 g/mol.